The molecule has 23 heavy (non-hydrogen) atoms. The summed E-state index contributed by atoms with van der Waals surface area (Å²) in [5.41, 5.74) is 2.82. The number of hydrogen-bond donors (Lipinski definition) is 1. The maximum Gasteiger partial charge on any atom is 0.251 e. The van der Waals surface area contributed by atoms with Gasteiger partial charge in [0.1, 0.15) is 12.4 Å². The molecule has 0 spiro atoms. The monoisotopic (exact) mass is 312 g/mol. The second-order valence-electron chi connectivity index (χ2n) is 5.85. The van der Waals surface area contributed by atoms with Crippen LogP contribution in [0.2, 0.25) is 0 Å². The first-order chi connectivity index (χ1) is 11.0. The summed E-state index contributed by atoms with van der Waals surface area (Å²) in [7, 11) is 4.03. The van der Waals surface area contributed by atoms with Crippen LogP contribution in [0.3, 0.4) is 0 Å². The summed E-state index contributed by atoms with van der Waals surface area (Å²) >= 11 is 0. The van der Waals surface area contributed by atoms with Crippen LogP contribution in [0.1, 0.15) is 21.5 Å². The maximum absolute atomic E-state index is 12.1. The van der Waals surface area contributed by atoms with Crippen molar-refractivity contribution in [2.24, 2.45) is 0 Å². The van der Waals surface area contributed by atoms with Crippen molar-refractivity contribution in [3.05, 3.63) is 65.2 Å². The van der Waals surface area contributed by atoms with Gasteiger partial charge in [-0.25, -0.2) is 0 Å². The summed E-state index contributed by atoms with van der Waals surface area (Å²) < 4.78 is 5.65. The molecule has 0 radical (unpaired) electrons. The van der Waals surface area contributed by atoms with E-state index in [4.69, 9.17) is 4.74 Å². The summed E-state index contributed by atoms with van der Waals surface area (Å²) in [4.78, 5) is 14.2. The summed E-state index contributed by atoms with van der Waals surface area (Å²) in [5, 5.41) is 2.93. The lowest BCUT2D eigenvalue weighted by Gasteiger charge is -2.11. The molecule has 0 heterocycles. The van der Waals surface area contributed by atoms with Gasteiger partial charge in [0.25, 0.3) is 5.91 Å². The Morgan fingerprint density at radius 1 is 1.13 bits per heavy atom. The van der Waals surface area contributed by atoms with Crippen molar-refractivity contribution in [2.75, 3.05) is 27.2 Å². The molecular weight excluding hydrogens is 288 g/mol. The van der Waals surface area contributed by atoms with Gasteiger partial charge in [0, 0.05) is 18.7 Å². The average molecular weight is 312 g/mol. The van der Waals surface area contributed by atoms with Gasteiger partial charge in [-0.2, -0.15) is 0 Å². The van der Waals surface area contributed by atoms with E-state index in [1.54, 1.807) is 0 Å². The van der Waals surface area contributed by atoms with E-state index in [1.807, 2.05) is 69.6 Å². The van der Waals surface area contributed by atoms with Gasteiger partial charge in [-0.3, -0.25) is 4.79 Å². The maximum atomic E-state index is 12.1. The van der Waals surface area contributed by atoms with Crippen LogP contribution in [0.25, 0.3) is 0 Å². The number of ether oxygens (including phenoxy) is 1. The lowest BCUT2D eigenvalue weighted by atomic mass is 10.1. The Morgan fingerprint density at radius 2 is 1.87 bits per heavy atom. The highest BCUT2D eigenvalue weighted by Crippen LogP contribution is 2.12. The molecule has 0 aromatic heterocycles. The molecule has 0 unspecified atom stereocenters. The molecule has 1 N–H and O–H groups in total. The summed E-state index contributed by atoms with van der Waals surface area (Å²) in [6.07, 6.45) is 0. The minimum Gasteiger partial charge on any atom is -0.492 e. The smallest absolute Gasteiger partial charge is 0.251 e. The van der Waals surface area contributed by atoms with E-state index in [0.717, 1.165) is 23.4 Å². The minimum atomic E-state index is -0.0555. The fraction of sp³-hybridized carbons (Fsp3) is 0.316. The molecule has 0 aliphatic carbocycles. The number of rotatable bonds is 7. The van der Waals surface area contributed by atoms with Crippen LogP contribution in [0.15, 0.2) is 48.5 Å². The van der Waals surface area contributed by atoms with Crippen LogP contribution >= 0.6 is 0 Å². The number of nitrogens with one attached hydrogen (secondary N) is 1. The van der Waals surface area contributed by atoms with E-state index < -0.39 is 0 Å². The lowest BCUT2D eigenvalue weighted by molar-refractivity contribution is 0.0951. The Hall–Kier alpha value is -2.33. The average Bonchev–Trinajstić information content (AvgIpc) is 2.53. The number of carbonyl (C=O) groups excluding carboxylic acids is 1. The van der Waals surface area contributed by atoms with Crippen molar-refractivity contribution in [3.8, 4) is 5.75 Å². The second-order valence-corrected chi connectivity index (χ2v) is 5.85. The number of nitrogens with zero attached hydrogens (tertiary/aromatic N) is 1. The second kappa shape index (κ2) is 8.34. The molecular formula is C19H24N2O2. The number of aryl methyl sites for hydroxylation is 1. The third-order valence-corrected chi connectivity index (χ3v) is 3.46. The minimum absolute atomic E-state index is 0.0555. The number of carbonyl (C=O) groups is 1. The van der Waals surface area contributed by atoms with Crippen LogP contribution in [0, 0.1) is 6.92 Å². The van der Waals surface area contributed by atoms with Crippen molar-refractivity contribution >= 4 is 5.91 Å². The van der Waals surface area contributed by atoms with Crippen molar-refractivity contribution < 1.29 is 9.53 Å². The van der Waals surface area contributed by atoms with Crippen molar-refractivity contribution in [1.82, 2.24) is 10.2 Å². The normalized spacial score (nSPS) is 10.6. The first kappa shape index (κ1) is 17.0. The standard InChI is InChI=1S/C19H24N2O2/c1-15-5-4-6-17(13-15)19(22)20-14-16-7-9-18(10-8-16)23-12-11-21(2)3/h4-10,13H,11-12,14H2,1-3H3,(H,20,22). The number of amides is 1. The molecule has 4 nitrogen and oxygen atoms in total. The molecule has 0 bridgehead atoms. The predicted molar refractivity (Wildman–Crippen MR) is 92.8 cm³/mol. The molecule has 2 aromatic carbocycles. The van der Waals surface area contributed by atoms with Crippen LogP contribution < -0.4 is 10.1 Å². The van der Waals surface area contributed by atoms with Crippen LogP contribution in [-0.2, 0) is 6.54 Å². The molecule has 0 saturated carbocycles. The van der Waals surface area contributed by atoms with E-state index in [2.05, 4.69) is 10.2 Å². The Bertz CT molecular complexity index is 636. The van der Waals surface area contributed by atoms with E-state index in [-0.39, 0.29) is 5.91 Å². The number of hydrogen-bond acceptors (Lipinski definition) is 3. The first-order valence-electron chi connectivity index (χ1n) is 7.76. The van der Waals surface area contributed by atoms with E-state index in [0.29, 0.717) is 18.7 Å². The van der Waals surface area contributed by atoms with E-state index >= 15 is 0 Å². The molecule has 0 fully saturated rings. The molecule has 0 aliphatic heterocycles. The Morgan fingerprint density at radius 3 is 2.52 bits per heavy atom. The van der Waals surface area contributed by atoms with Crippen LogP contribution in [0.4, 0.5) is 0 Å². The highest BCUT2D eigenvalue weighted by atomic mass is 16.5. The quantitative estimate of drug-likeness (QED) is 0.855. The molecule has 1 amide bonds. The molecule has 0 aliphatic rings. The Labute approximate surface area is 138 Å². The van der Waals surface area contributed by atoms with Gasteiger partial charge in [-0.1, -0.05) is 29.8 Å². The summed E-state index contributed by atoms with van der Waals surface area (Å²) in [6, 6.07) is 15.4. The third-order valence-electron chi connectivity index (χ3n) is 3.46. The highest BCUT2D eigenvalue weighted by Gasteiger charge is 2.05. The number of benzene rings is 2. The zero-order chi connectivity index (χ0) is 16.7. The fourth-order valence-corrected chi connectivity index (χ4v) is 2.12. The van der Waals surface area contributed by atoms with Crippen molar-refractivity contribution in [1.29, 1.82) is 0 Å². The molecule has 0 atom stereocenters. The molecule has 2 rings (SSSR count). The van der Waals surface area contributed by atoms with Gasteiger partial charge < -0.3 is 15.0 Å². The van der Waals surface area contributed by atoms with Gasteiger partial charge in [-0.15, -0.1) is 0 Å². The van der Waals surface area contributed by atoms with Crippen LogP contribution in [0.5, 0.6) is 5.75 Å². The fourth-order valence-electron chi connectivity index (χ4n) is 2.12. The van der Waals surface area contributed by atoms with Gasteiger partial charge in [-0.05, 0) is 50.8 Å². The SMILES string of the molecule is Cc1cccc(C(=O)NCc2ccc(OCCN(C)C)cc2)c1. The zero-order valence-corrected chi connectivity index (χ0v) is 14.0. The third kappa shape index (κ3) is 5.75. The van der Waals surface area contributed by atoms with Crippen molar-refractivity contribution in [2.45, 2.75) is 13.5 Å². The van der Waals surface area contributed by atoms with Crippen molar-refractivity contribution in [3.63, 3.8) is 0 Å². The summed E-state index contributed by atoms with van der Waals surface area (Å²) in [5.74, 6) is 0.792. The van der Waals surface area contributed by atoms with E-state index in [9.17, 15) is 4.79 Å². The predicted octanol–water partition coefficient (Wildman–Crippen LogP) is 2.87. The van der Waals surface area contributed by atoms with Gasteiger partial charge in [0.05, 0.1) is 0 Å². The molecule has 2 aromatic rings. The largest absolute Gasteiger partial charge is 0.492 e. The lowest BCUT2D eigenvalue weighted by Crippen LogP contribution is -2.22. The summed E-state index contributed by atoms with van der Waals surface area (Å²) in [6.45, 7) is 4.03. The molecule has 4 heteroatoms. The van der Waals surface area contributed by atoms with Gasteiger partial charge in [0.15, 0.2) is 0 Å². The zero-order valence-electron chi connectivity index (χ0n) is 14.0. The first-order valence-corrected chi connectivity index (χ1v) is 7.76. The molecule has 0 saturated heterocycles. The van der Waals surface area contributed by atoms with Crippen LogP contribution in [-0.4, -0.2) is 38.1 Å². The van der Waals surface area contributed by atoms with E-state index in [1.165, 1.54) is 0 Å². The molecule has 122 valence electrons. The topological polar surface area (TPSA) is 41.6 Å². The Balaban J connectivity index is 1.83. The highest BCUT2D eigenvalue weighted by molar-refractivity contribution is 5.94. The van der Waals surface area contributed by atoms with Gasteiger partial charge >= 0.3 is 0 Å². The Kier molecular flexibility index (Phi) is 6.18. The van der Waals surface area contributed by atoms with Gasteiger partial charge in [0.2, 0.25) is 0 Å². The number of likely N-dealkylation sites (N-methyl/N-ethyl adjacent to an activating group) is 1.